The van der Waals surface area contributed by atoms with Gasteiger partial charge in [0.2, 0.25) is 0 Å². The van der Waals surface area contributed by atoms with E-state index >= 15 is 0 Å². The molecule has 0 aliphatic rings. The maximum absolute atomic E-state index is 12.9. The normalized spacial score (nSPS) is 12.6. The number of ether oxygens (including phenoxy) is 3. The van der Waals surface area contributed by atoms with Gasteiger partial charge >= 0.3 is 17.9 Å². The zero-order valence-corrected chi connectivity index (χ0v) is 49.6. The molecule has 0 bridgehead atoms. The lowest BCUT2D eigenvalue weighted by Crippen LogP contribution is -2.30. The zero-order valence-electron chi connectivity index (χ0n) is 49.6. The van der Waals surface area contributed by atoms with Crippen LogP contribution in [-0.2, 0) is 28.6 Å². The van der Waals surface area contributed by atoms with Crippen molar-refractivity contribution in [2.75, 3.05) is 13.2 Å². The highest BCUT2D eigenvalue weighted by atomic mass is 16.6. The summed E-state index contributed by atoms with van der Waals surface area (Å²) in [7, 11) is 0. The third-order valence-electron chi connectivity index (χ3n) is 13.9. The minimum atomic E-state index is -0.800. The highest BCUT2D eigenvalue weighted by molar-refractivity contribution is 5.71. The molecule has 0 aliphatic carbocycles. The number of carbonyl (C=O) groups excluding carboxylic acids is 3. The molecule has 0 amide bonds. The SMILES string of the molecule is CCCCC/C=C\C/C=C\C/C=C\C/C=C\CCCCCC(=O)OC[C@H](COC(=O)CCCCCC/C=C\C/C=C\C/C=C\CCCCC)OC(=O)CCCCCCCCCCCCCCCCCCCCCCC. The van der Waals surface area contributed by atoms with Gasteiger partial charge in [0.05, 0.1) is 0 Å². The van der Waals surface area contributed by atoms with Crippen molar-refractivity contribution in [2.24, 2.45) is 0 Å². The predicted molar refractivity (Wildman–Crippen MR) is 325 cm³/mol. The first-order chi connectivity index (χ1) is 37.0. The smallest absolute Gasteiger partial charge is 0.306 e. The molecule has 1 atom stereocenters. The van der Waals surface area contributed by atoms with Crippen LogP contribution in [0.1, 0.15) is 316 Å². The fraction of sp³-hybridized carbons (Fsp3) is 0.754. The van der Waals surface area contributed by atoms with Gasteiger partial charge in [0.15, 0.2) is 6.10 Å². The van der Waals surface area contributed by atoms with E-state index in [0.29, 0.717) is 19.3 Å². The summed E-state index contributed by atoms with van der Waals surface area (Å²) in [5, 5.41) is 0. The fourth-order valence-electron chi connectivity index (χ4n) is 9.02. The van der Waals surface area contributed by atoms with Crippen molar-refractivity contribution in [1.29, 1.82) is 0 Å². The quantitative estimate of drug-likeness (QED) is 0.0261. The summed E-state index contributed by atoms with van der Waals surface area (Å²) in [4.78, 5) is 38.3. The molecule has 0 aliphatic heterocycles. The van der Waals surface area contributed by atoms with Crippen molar-refractivity contribution < 1.29 is 28.6 Å². The van der Waals surface area contributed by atoms with Gasteiger partial charge in [0.1, 0.15) is 13.2 Å². The molecule has 6 heteroatoms. The Morgan fingerprint density at radius 1 is 0.267 bits per heavy atom. The van der Waals surface area contributed by atoms with Crippen LogP contribution in [0.2, 0.25) is 0 Å². The highest BCUT2D eigenvalue weighted by Crippen LogP contribution is 2.17. The van der Waals surface area contributed by atoms with E-state index in [0.717, 1.165) is 109 Å². The molecular formula is C69H120O6. The van der Waals surface area contributed by atoms with E-state index in [-0.39, 0.29) is 31.1 Å². The van der Waals surface area contributed by atoms with Gasteiger partial charge in [0.25, 0.3) is 0 Å². The molecular weight excluding hydrogens is 925 g/mol. The number of allylic oxidation sites excluding steroid dienone is 14. The summed E-state index contributed by atoms with van der Waals surface area (Å²) in [6, 6.07) is 0. The summed E-state index contributed by atoms with van der Waals surface area (Å²) in [5.74, 6) is -0.933. The van der Waals surface area contributed by atoms with Crippen LogP contribution in [0.5, 0.6) is 0 Å². The molecule has 0 rings (SSSR count). The van der Waals surface area contributed by atoms with E-state index in [9.17, 15) is 14.4 Å². The summed E-state index contributed by atoms with van der Waals surface area (Å²) in [5.41, 5.74) is 0. The Bertz CT molecular complexity index is 1430. The van der Waals surface area contributed by atoms with Crippen LogP contribution in [0.25, 0.3) is 0 Å². The lowest BCUT2D eigenvalue weighted by atomic mass is 10.0. The molecule has 75 heavy (non-hydrogen) atoms. The second kappa shape index (κ2) is 63.1. The molecule has 0 aromatic carbocycles. The third kappa shape index (κ3) is 61.3. The Balaban J connectivity index is 4.44. The van der Waals surface area contributed by atoms with Crippen LogP contribution in [0.15, 0.2) is 85.1 Å². The Morgan fingerprint density at radius 2 is 0.480 bits per heavy atom. The molecule has 432 valence electrons. The molecule has 0 fully saturated rings. The van der Waals surface area contributed by atoms with Gasteiger partial charge in [0, 0.05) is 19.3 Å². The molecule has 0 heterocycles. The summed E-state index contributed by atoms with van der Waals surface area (Å²) in [6.07, 6.45) is 83.0. The van der Waals surface area contributed by atoms with Crippen LogP contribution < -0.4 is 0 Å². The average Bonchev–Trinajstić information content (AvgIpc) is 3.41. The Kier molecular flexibility index (Phi) is 60.3. The van der Waals surface area contributed by atoms with Gasteiger partial charge < -0.3 is 14.2 Å². The van der Waals surface area contributed by atoms with Crippen molar-refractivity contribution in [3.8, 4) is 0 Å². The van der Waals surface area contributed by atoms with E-state index in [1.165, 1.54) is 167 Å². The Hall–Kier alpha value is -3.41. The number of unbranched alkanes of at least 4 members (excludes halogenated alkanes) is 33. The predicted octanol–water partition coefficient (Wildman–Crippen LogP) is 21.9. The van der Waals surface area contributed by atoms with Gasteiger partial charge in [-0.3, -0.25) is 14.4 Å². The molecule has 6 nitrogen and oxygen atoms in total. The van der Waals surface area contributed by atoms with Crippen molar-refractivity contribution >= 4 is 17.9 Å². The Morgan fingerprint density at radius 3 is 0.787 bits per heavy atom. The monoisotopic (exact) mass is 1040 g/mol. The van der Waals surface area contributed by atoms with E-state index in [1.54, 1.807) is 0 Å². The van der Waals surface area contributed by atoms with E-state index in [1.807, 2.05) is 0 Å². The van der Waals surface area contributed by atoms with Gasteiger partial charge in [-0.05, 0) is 103 Å². The lowest BCUT2D eigenvalue weighted by Gasteiger charge is -2.18. The molecule has 0 N–H and O–H groups in total. The van der Waals surface area contributed by atoms with Gasteiger partial charge in [-0.1, -0.05) is 279 Å². The van der Waals surface area contributed by atoms with E-state index < -0.39 is 6.10 Å². The molecule has 0 aromatic rings. The maximum Gasteiger partial charge on any atom is 0.306 e. The standard InChI is InChI=1S/C69H120O6/c1-4-7-10-13-16-19-22-25-28-31-33-34-36-39-42-45-48-51-54-57-60-63-69(72)75-66(64-73-67(70)61-58-55-52-49-46-43-40-37-30-27-24-21-18-15-12-9-6-3)65-74-68(71)62-59-56-53-50-47-44-41-38-35-32-29-26-23-20-17-14-11-8-5-2/h17-18,20-21,26-27,29-30,35,38,40,43-44,47,66H,4-16,19,22-25,28,31-34,36-37,39,41-42,45-46,48-65H2,1-3H3/b20-17-,21-18-,29-26-,30-27-,38-35-,43-40-,47-44-/t66-/m0/s1. The molecule has 0 spiro atoms. The minimum Gasteiger partial charge on any atom is -0.462 e. The summed E-state index contributed by atoms with van der Waals surface area (Å²) in [6.45, 7) is 6.58. The molecule has 0 saturated carbocycles. The first-order valence-corrected chi connectivity index (χ1v) is 32.1. The highest BCUT2D eigenvalue weighted by Gasteiger charge is 2.19. The van der Waals surface area contributed by atoms with Gasteiger partial charge in [-0.2, -0.15) is 0 Å². The first-order valence-electron chi connectivity index (χ1n) is 32.1. The van der Waals surface area contributed by atoms with Crippen molar-refractivity contribution in [1.82, 2.24) is 0 Å². The largest absolute Gasteiger partial charge is 0.462 e. The van der Waals surface area contributed by atoms with Crippen LogP contribution in [0, 0.1) is 0 Å². The van der Waals surface area contributed by atoms with Crippen LogP contribution in [0.3, 0.4) is 0 Å². The molecule has 0 radical (unpaired) electrons. The second-order valence-electron chi connectivity index (χ2n) is 21.3. The van der Waals surface area contributed by atoms with Crippen molar-refractivity contribution in [3.63, 3.8) is 0 Å². The van der Waals surface area contributed by atoms with E-state index in [4.69, 9.17) is 14.2 Å². The van der Waals surface area contributed by atoms with Gasteiger partial charge in [-0.25, -0.2) is 0 Å². The number of rotatable bonds is 58. The molecule has 0 unspecified atom stereocenters. The van der Waals surface area contributed by atoms with E-state index in [2.05, 4.69) is 106 Å². The first kappa shape index (κ1) is 71.6. The summed E-state index contributed by atoms with van der Waals surface area (Å²) < 4.78 is 16.9. The van der Waals surface area contributed by atoms with Crippen LogP contribution in [-0.4, -0.2) is 37.2 Å². The van der Waals surface area contributed by atoms with Crippen molar-refractivity contribution in [3.05, 3.63) is 85.1 Å². The Labute approximate surface area is 465 Å². The number of hydrogen-bond acceptors (Lipinski definition) is 6. The fourth-order valence-corrected chi connectivity index (χ4v) is 9.02. The number of hydrogen-bond donors (Lipinski definition) is 0. The topological polar surface area (TPSA) is 78.9 Å². The minimum absolute atomic E-state index is 0.0965. The third-order valence-corrected chi connectivity index (χ3v) is 13.9. The maximum atomic E-state index is 12.9. The number of esters is 3. The van der Waals surface area contributed by atoms with Crippen LogP contribution in [0.4, 0.5) is 0 Å². The molecule has 0 saturated heterocycles. The summed E-state index contributed by atoms with van der Waals surface area (Å²) >= 11 is 0. The molecule has 0 aromatic heterocycles. The van der Waals surface area contributed by atoms with Crippen LogP contribution >= 0.6 is 0 Å². The number of carbonyl (C=O) groups is 3. The zero-order chi connectivity index (χ0) is 54.3. The van der Waals surface area contributed by atoms with Gasteiger partial charge in [-0.15, -0.1) is 0 Å². The average molecular weight is 1050 g/mol. The lowest BCUT2D eigenvalue weighted by molar-refractivity contribution is -0.167. The van der Waals surface area contributed by atoms with Crippen molar-refractivity contribution in [2.45, 2.75) is 322 Å². The second-order valence-corrected chi connectivity index (χ2v) is 21.3.